The highest BCUT2D eigenvalue weighted by molar-refractivity contribution is 5.95. The quantitative estimate of drug-likeness (QED) is 0.916. The Hall–Kier alpha value is -2.89. The Balaban J connectivity index is 1.65. The number of hydrogen-bond acceptors (Lipinski definition) is 3. The molecule has 6 nitrogen and oxygen atoms in total. The molecule has 136 valence electrons. The lowest BCUT2D eigenvalue weighted by atomic mass is 9.97. The van der Waals surface area contributed by atoms with Gasteiger partial charge in [-0.05, 0) is 29.5 Å². The molecule has 0 unspecified atom stereocenters. The largest absolute Gasteiger partial charge is 0.352 e. The molecule has 1 aliphatic rings. The van der Waals surface area contributed by atoms with Crippen molar-refractivity contribution in [3.05, 3.63) is 65.0 Å². The molecule has 3 amide bonds. The minimum atomic E-state index is -0.0994. The summed E-state index contributed by atoms with van der Waals surface area (Å²) in [5.41, 5.74) is 3.76. The molecule has 0 fully saturated rings. The first-order valence-electron chi connectivity index (χ1n) is 8.80. The number of urea groups is 1. The van der Waals surface area contributed by atoms with E-state index in [1.54, 1.807) is 36.3 Å². The molecule has 1 aliphatic heterocycles. The van der Waals surface area contributed by atoms with Crippen LogP contribution >= 0.6 is 0 Å². The van der Waals surface area contributed by atoms with Crippen LogP contribution in [0.4, 0.5) is 4.79 Å². The van der Waals surface area contributed by atoms with E-state index in [-0.39, 0.29) is 11.9 Å². The molecule has 0 bridgehead atoms. The monoisotopic (exact) mass is 352 g/mol. The van der Waals surface area contributed by atoms with Crippen LogP contribution < -0.4 is 5.32 Å². The number of amides is 3. The molecule has 26 heavy (non-hydrogen) atoms. The molecular formula is C20H24N4O2. The van der Waals surface area contributed by atoms with Gasteiger partial charge in [0.05, 0.1) is 5.56 Å². The fourth-order valence-corrected chi connectivity index (χ4v) is 3.20. The lowest BCUT2D eigenvalue weighted by Crippen LogP contribution is -2.42. The van der Waals surface area contributed by atoms with Crippen LogP contribution in [0.5, 0.6) is 0 Å². The minimum Gasteiger partial charge on any atom is -0.352 e. The highest BCUT2D eigenvalue weighted by Gasteiger charge is 2.25. The molecule has 6 heteroatoms. The number of carbonyl (C=O) groups excluding carboxylic acids is 2. The number of nitrogens with one attached hydrogen (secondary N) is 1. The molecule has 0 aliphatic carbocycles. The Morgan fingerprint density at radius 2 is 1.96 bits per heavy atom. The van der Waals surface area contributed by atoms with E-state index >= 15 is 0 Å². The van der Waals surface area contributed by atoms with Gasteiger partial charge >= 0.3 is 6.03 Å². The van der Waals surface area contributed by atoms with E-state index in [9.17, 15) is 9.59 Å². The summed E-state index contributed by atoms with van der Waals surface area (Å²) in [6, 6.07) is 10.1. The molecule has 1 aromatic carbocycles. The second kappa shape index (κ2) is 7.99. The van der Waals surface area contributed by atoms with Crippen molar-refractivity contribution in [1.82, 2.24) is 20.1 Å². The van der Waals surface area contributed by atoms with Gasteiger partial charge in [0.15, 0.2) is 0 Å². The van der Waals surface area contributed by atoms with Crippen LogP contribution in [0, 0.1) is 0 Å². The first-order valence-corrected chi connectivity index (χ1v) is 8.80. The van der Waals surface area contributed by atoms with E-state index in [0.29, 0.717) is 31.6 Å². The van der Waals surface area contributed by atoms with Crippen LogP contribution in [0.25, 0.3) is 0 Å². The van der Waals surface area contributed by atoms with Crippen LogP contribution in [0.1, 0.15) is 27.0 Å². The highest BCUT2D eigenvalue weighted by Crippen LogP contribution is 2.22. The number of benzene rings is 1. The summed E-state index contributed by atoms with van der Waals surface area (Å²) < 4.78 is 0. The molecule has 0 spiro atoms. The van der Waals surface area contributed by atoms with Gasteiger partial charge in [0, 0.05) is 46.1 Å². The predicted molar refractivity (Wildman–Crippen MR) is 99.9 cm³/mol. The van der Waals surface area contributed by atoms with Gasteiger partial charge in [0.25, 0.3) is 5.91 Å². The molecule has 3 rings (SSSR count). The Labute approximate surface area is 153 Å². The Bertz CT molecular complexity index is 790. The van der Waals surface area contributed by atoms with Crippen molar-refractivity contribution >= 4 is 11.9 Å². The Morgan fingerprint density at radius 3 is 2.69 bits per heavy atom. The Kier molecular flexibility index (Phi) is 5.51. The minimum absolute atomic E-state index is 0.0200. The summed E-state index contributed by atoms with van der Waals surface area (Å²) in [4.78, 5) is 32.3. The van der Waals surface area contributed by atoms with Crippen LogP contribution in [0.3, 0.4) is 0 Å². The third-order valence-electron chi connectivity index (χ3n) is 4.58. The topological polar surface area (TPSA) is 65.5 Å². The van der Waals surface area contributed by atoms with Crippen molar-refractivity contribution in [2.45, 2.75) is 19.4 Å². The van der Waals surface area contributed by atoms with E-state index in [1.165, 1.54) is 5.56 Å². The van der Waals surface area contributed by atoms with Gasteiger partial charge in [-0.1, -0.05) is 30.3 Å². The fourth-order valence-electron chi connectivity index (χ4n) is 3.20. The number of aromatic nitrogens is 1. The average molecular weight is 352 g/mol. The number of carbonyl (C=O) groups is 2. The number of fused-ring (bicyclic) bond motifs is 1. The van der Waals surface area contributed by atoms with Crippen molar-refractivity contribution in [2.75, 3.05) is 27.2 Å². The van der Waals surface area contributed by atoms with Gasteiger partial charge in [-0.3, -0.25) is 9.78 Å². The van der Waals surface area contributed by atoms with Gasteiger partial charge in [-0.15, -0.1) is 0 Å². The second-order valence-corrected chi connectivity index (χ2v) is 6.66. The molecule has 0 atom stereocenters. The summed E-state index contributed by atoms with van der Waals surface area (Å²) >= 11 is 0. The zero-order valence-electron chi connectivity index (χ0n) is 15.2. The van der Waals surface area contributed by atoms with E-state index in [4.69, 9.17) is 0 Å². The van der Waals surface area contributed by atoms with E-state index in [0.717, 1.165) is 17.5 Å². The van der Waals surface area contributed by atoms with Crippen LogP contribution in [-0.2, 0) is 19.4 Å². The summed E-state index contributed by atoms with van der Waals surface area (Å²) in [6.07, 6.45) is 4.84. The van der Waals surface area contributed by atoms with E-state index in [2.05, 4.69) is 22.4 Å². The van der Waals surface area contributed by atoms with Gasteiger partial charge in [0.1, 0.15) is 0 Å². The molecule has 0 saturated carbocycles. The Morgan fingerprint density at radius 1 is 1.19 bits per heavy atom. The standard InChI is InChI=1S/C20H24N4O2/c1-23(2)20(26)24-11-9-17-16(14-24)12-21-13-18(17)19(25)22-10-8-15-6-4-3-5-7-15/h3-7,12-13H,8-11,14H2,1-2H3,(H,22,25). The number of nitrogens with zero attached hydrogens (tertiary/aromatic N) is 3. The molecule has 0 radical (unpaired) electrons. The molecular weight excluding hydrogens is 328 g/mol. The maximum atomic E-state index is 12.6. The molecule has 2 heterocycles. The van der Waals surface area contributed by atoms with Gasteiger partial charge < -0.3 is 15.1 Å². The first-order chi connectivity index (χ1) is 12.6. The zero-order chi connectivity index (χ0) is 18.5. The lowest BCUT2D eigenvalue weighted by molar-refractivity contribution is 0.0952. The normalized spacial score (nSPS) is 13.1. The van der Waals surface area contributed by atoms with Crippen LogP contribution in [-0.4, -0.2) is 53.9 Å². The molecule has 1 N–H and O–H groups in total. The van der Waals surface area contributed by atoms with Crippen molar-refractivity contribution in [3.8, 4) is 0 Å². The maximum absolute atomic E-state index is 12.6. The summed E-state index contributed by atoms with van der Waals surface area (Å²) in [5, 5.41) is 2.98. The molecule has 1 aromatic heterocycles. The number of hydrogen-bond donors (Lipinski definition) is 1. The third kappa shape index (κ3) is 4.02. The third-order valence-corrected chi connectivity index (χ3v) is 4.58. The van der Waals surface area contributed by atoms with Crippen LogP contribution in [0.15, 0.2) is 42.7 Å². The van der Waals surface area contributed by atoms with E-state index < -0.39 is 0 Å². The molecule has 0 saturated heterocycles. The summed E-state index contributed by atoms with van der Waals surface area (Å²) in [6.45, 7) is 1.68. The maximum Gasteiger partial charge on any atom is 0.319 e. The number of rotatable bonds is 4. The lowest BCUT2D eigenvalue weighted by Gasteiger charge is -2.31. The first kappa shape index (κ1) is 17.9. The second-order valence-electron chi connectivity index (χ2n) is 6.66. The summed E-state index contributed by atoms with van der Waals surface area (Å²) in [5.74, 6) is -0.0994. The average Bonchev–Trinajstić information content (AvgIpc) is 2.67. The van der Waals surface area contributed by atoms with E-state index in [1.807, 2.05) is 18.2 Å². The van der Waals surface area contributed by atoms with Gasteiger partial charge in [-0.25, -0.2) is 4.79 Å². The van der Waals surface area contributed by atoms with Crippen molar-refractivity contribution in [1.29, 1.82) is 0 Å². The fraction of sp³-hybridized carbons (Fsp3) is 0.350. The summed E-state index contributed by atoms with van der Waals surface area (Å²) in [7, 11) is 3.49. The molecule has 2 aromatic rings. The predicted octanol–water partition coefficient (Wildman–Crippen LogP) is 2.09. The SMILES string of the molecule is CN(C)C(=O)N1CCc2c(cncc2C(=O)NCCc2ccccc2)C1. The smallest absolute Gasteiger partial charge is 0.319 e. The van der Waals surface area contributed by atoms with Gasteiger partial charge in [0.2, 0.25) is 0 Å². The van der Waals surface area contributed by atoms with Crippen molar-refractivity contribution in [2.24, 2.45) is 0 Å². The van der Waals surface area contributed by atoms with Crippen molar-refractivity contribution < 1.29 is 9.59 Å². The van der Waals surface area contributed by atoms with Crippen LogP contribution in [0.2, 0.25) is 0 Å². The zero-order valence-corrected chi connectivity index (χ0v) is 15.2. The number of pyridine rings is 1. The van der Waals surface area contributed by atoms with Gasteiger partial charge in [-0.2, -0.15) is 0 Å². The highest BCUT2D eigenvalue weighted by atomic mass is 16.2. The van der Waals surface area contributed by atoms with Crippen molar-refractivity contribution in [3.63, 3.8) is 0 Å².